The van der Waals surface area contributed by atoms with E-state index in [9.17, 15) is 9.90 Å². The molecule has 8 heteroatoms. The molecule has 1 atom stereocenters. The summed E-state index contributed by atoms with van der Waals surface area (Å²) in [7, 11) is 0. The molecule has 0 aromatic carbocycles. The molecule has 2 aliphatic heterocycles. The highest BCUT2D eigenvalue weighted by atomic mass is 16.3. The minimum absolute atomic E-state index is 0.00792. The lowest BCUT2D eigenvalue weighted by Crippen LogP contribution is -2.39. The third-order valence-corrected chi connectivity index (χ3v) is 5.33. The molecule has 1 unspecified atom stereocenters. The number of pyridine rings is 1. The average molecular weight is 382 g/mol. The Morgan fingerprint density at radius 2 is 1.79 bits per heavy atom. The van der Waals surface area contributed by atoms with Gasteiger partial charge in [0.15, 0.2) is 0 Å². The Balaban J connectivity index is 1.39. The van der Waals surface area contributed by atoms with Gasteiger partial charge < -0.3 is 19.8 Å². The van der Waals surface area contributed by atoms with Crippen LogP contribution in [-0.4, -0.2) is 76.2 Å². The minimum Gasteiger partial charge on any atom is -0.391 e. The minimum atomic E-state index is -0.300. The topological polar surface area (TPSA) is 85.7 Å². The van der Waals surface area contributed by atoms with Gasteiger partial charge in [-0.2, -0.15) is 0 Å². The van der Waals surface area contributed by atoms with Crippen LogP contribution < -0.4 is 9.80 Å². The van der Waals surface area contributed by atoms with Gasteiger partial charge in [0.2, 0.25) is 5.95 Å². The van der Waals surface area contributed by atoms with Crippen LogP contribution in [0.25, 0.3) is 0 Å². The summed E-state index contributed by atoms with van der Waals surface area (Å²) < 4.78 is 0. The summed E-state index contributed by atoms with van der Waals surface area (Å²) in [4.78, 5) is 32.1. The Bertz CT molecular complexity index is 785. The molecule has 2 aromatic rings. The predicted molar refractivity (Wildman–Crippen MR) is 106 cm³/mol. The van der Waals surface area contributed by atoms with Gasteiger partial charge in [-0.15, -0.1) is 0 Å². The Hall–Kier alpha value is -2.74. The zero-order chi connectivity index (χ0) is 19.3. The lowest BCUT2D eigenvalue weighted by Gasteiger charge is -2.31. The lowest BCUT2D eigenvalue weighted by molar-refractivity contribution is 0.0766. The number of aromatic nitrogens is 3. The van der Waals surface area contributed by atoms with Crippen molar-refractivity contribution in [3.63, 3.8) is 0 Å². The van der Waals surface area contributed by atoms with Crippen LogP contribution in [0.2, 0.25) is 0 Å². The first-order chi connectivity index (χ1) is 13.7. The van der Waals surface area contributed by atoms with Gasteiger partial charge in [0.1, 0.15) is 5.82 Å². The summed E-state index contributed by atoms with van der Waals surface area (Å²) in [5, 5.41) is 9.84. The van der Waals surface area contributed by atoms with Crippen molar-refractivity contribution in [2.24, 2.45) is 0 Å². The van der Waals surface area contributed by atoms with Crippen molar-refractivity contribution in [3.8, 4) is 0 Å². The molecule has 4 rings (SSSR count). The second kappa shape index (κ2) is 8.52. The summed E-state index contributed by atoms with van der Waals surface area (Å²) in [6.07, 6.45) is 7.51. The highest BCUT2D eigenvalue weighted by Gasteiger charge is 2.23. The van der Waals surface area contributed by atoms with E-state index in [1.807, 2.05) is 17.0 Å². The molecule has 148 valence electrons. The normalized spacial score (nSPS) is 20.8. The van der Waals surface area contributed by atoms with Crippen molar-refractivity contribution in [3.05, 3.63) is 42.4 Å². The van der Waals surface area contributed by atoms with Gasteiger partial charge >= 0.3 is 0 Å². The van der Waals surface area contributed by atoms with Gasteiger partial charge in [-0.1, -0.05) is 0 Å². The van der Waals surface area contributed by atoms with Gasteiger partial charge in [0.05, 0.1) is 11.7 Å². The van der Waals surface area contributed by atoms with Crippen molar-refractivity contribution < 1.29 is 9.90 Å². The molecule has 2 fully saturated rings. The van der Waals surface area contributed by atoms with E-state index in [-0.39, 0.29) is 12.0 Å². The van der Waals surface area contributed by atoms with Gasteiger partial charge in [0, 0.05) is 57.9 Å². The fourth-order valence-electron chi connectivity index (χ4n) is 3.82. The fourth-order valence-corrected chi connectivity index (χ4v) is 3.82. The van der Waals surface area contributed by atoms with Crippen LogP contribution in [-0.2, 0) is 0 Å². The number of hydrogen-bond donors (Lipinski definition) is 1. The zero-order valence-electron chi connectivity index (χ0n) is 15.9. The first-order valence-electron chi connectivity index (χ1n) is 9.91. The Kier molecular flexibility index (Phi) is 5.66. The fraction of sp³-hybridized carbons (Fsp3) is 0.500. The number of carbonyl (C=O) groups excluding carboxylic acids is 1. The van der Waals surface area contributed by atoms with Gasteiger partial charge in [0.25, 0.3) is 5.91 Å². The number of carbonyl (C=O) groups is 1. The number of rotatable bonds is 3. The monoisotopic (exact) mass is 382 g/mol. The van der Waals surface area contributed by atoms with E-state index in [1.165, 1.54) is 0 Å². The Labute approximate surface area is 164 Å². The highest BCUT2D eigenvalue weighted by molar-refractivity contribution is 5.94. The molecule has 0 aliphatic carbocycles. The van der Waals surface area contributed by atoms with Crippen LogP contribution in [0, 0.1) is 0 Å². The van der Waals surface area contributed by atoms with E-state index < -0.39 is 0 Å². The molecule has 4 heterocycles. The molecular weight excluding hydrogens is 356 g/mol. The summed E-state index contributed by atoms with van der Waals surface area (Å²) in [6.45, 7) is 4.39. The van der Waals surface area contributed by atoms with Crippen molar-refractivity contribution in [2.45, 2.75) is 25.4 Å². The molecule has 0 radical (unpaired) electrons. The summed E-state index contributed by atoms with van der Waals surface area (Å²) in [6, 6.07) is 5.53. The molecule has 1 amide bonds. The summed E-state index contributed by atoms with van der Waals surface area (Å²) in [5.74, 6) is 1.54. The summed E-state index contributed by atoms with van der Waals surface area (Å²) in [5.41, 5.74) is 0.603. The molecule has 2 saturated heterocycles. The highest BCUT2D eigenvalue weighted by Crippen LogP contribution is 2.19. The molecule has 0 saturated carbocycles. The maximum atomic E-state index is 12.9. The van der Waals surface area contributed by atoms with Crippen LogP contribution in [0.3, 0.4) is 0 Å². The number of aliphatic hydroxyl groups is 1. The number of aliphatic hydroxyl groups excluding tert-OH is 1. The van der Waals surface area contributed by atoms with Crippen molar-refractivity contribution in [2.75, 3.05) is 49.1 Å². The first-order valence-corrected chi connectivity index (χ1v) is 9.91. The number of piperidine rings is 1. The third-order valence-electron chi connectivity index (χ3n) is 5.33. The maximum Gasteiger partial charge on any atom is 0.255 e. The molecule has 0 spiro atoms. The van der Waals surface area contributed by atoms with Crippen LogP contribution in [0.5, 0.6) is 0 Å². The van der Waals surface area contributed by atoms with E-state index in [2.05, 4.69) is 24.8 Å². The van der Waals surface area contributed by atoms with Crippen LogP contribution in [0.1, 0.15) is 29.6 Å². The number of β-amino-alcohol motifs (C(OH)–C–C–N with tert-alkyl or cyclic N) is 1. The zero-order valence-corrected chi connectivity index (χ0v) is 15.9. The Morgan fingerprint density at radius 1 is 0.964 bits per heavy atom. The van der Waals surface area contributed by atoms with Crippen molar-refractivity contribution in [1.29, 1.82) is 0 Å². The van der Waals surface area contributed by atoms with Crippen LogP contribution in [0.4, 0.5) is 11.8 Å². The van der Waals surface area contributed by atoms with Gasteiger partial charge in [-0.25, -0.2) is 15.0 Å². The van der Waals surface area contributed by atoms with Crippen LogP contribution >= 0.6 is 0 Å². The molecule has 1 N–H and O–H groups in total. The molecule has 2 aromatic heterocycles. The predicted octanol–water partition coefficient (Wildman–Crippen LogP) is 1.19. The standard InChI is InChI=1S/C20H26N6O2/c27-17-4-1-9-26(15-17)18-6-5-16(14-23-18)19(28)24-10-3-11-25(13-12-24)20-21-7-2-8-22-20/h2,5-8,14,17,27H,1,3-4,9-13,15H2. The second-order valence-electron chi connectivity index (χ2n) is 7.33. The quantitative estimate of drug-likeness (QED) is 0.853. The number of anilines is 2. The smallest absolute Gasteiger partial charge is 0.255 e. The van der Waals surface area contributed by atoms with Gasteiger partial charge in [-0.3, -0.25) is 4.79 Å². The Morgan fingerprint density at radius 3 is 2.54 bits per heavy atom. The first kappa shape index (κ1) is 18.6. The average Bonchev–Trinajstić information content (AvgIpc) is 3.00. The molecule has 28 heavy (non-hydrogen) atoms. The third kappa shape index (κ3) is 4.22. The second-order valence-corrected chi connectivity index (χ2v) is 7.33. The van der Waals surface area contributed by atoms with E-state index in [0.717, 1.165) is 38.2 Å². The van der Waals surface area contributed by atoms with Crippen LogP contribution in [0.15, 0.2) is 36.8 Å². The van der Waals surface area contributed by atoms with E-state index in [4.69, 9.17) is 0 Å². The molecule has 2 aliphatic rings. The SMILES string of the molecule is O=C(c1ccc(N2CCCC(O)C2)nc1)N1CCCN(c2ncccn2)CC1. The van der Waals surface area contributed by atoms with E-state index in [0.29, 0.717) is 37.7 Å². The lowest BCUT2D eigenvalue weighted by atomic mass is 10.1. The molecular formula is C20H26N6O2. The number of hydrogen-bond acceptors (Lipinski definition) is 7. The molecule has 0 bridgehead atoms. The largest absolute Gasteiger partial charge is 0.391 e. The summed E-state index contributed by atoms with van der Waals surface area (Å²) >= 11 is 0. The van der Waals surface area contributed by atoms with Gasteiger partial charge in [-0.05, 0) is 37.5 Å². The van der Waals surface area contributed by atoms with E-state index >= 15 is 0 Å². The number of nitrogens with zero attached hydrogens (tertiary/aromatic N) is 6. The van der Waals surface area contributed by atoms with Crippen molar-refractivity contribution >= 4 is 17.7 Å². The van der Waals surface area contributed by atoms with Crippen molar-refractivity contribution in [1.82, 2.24) is 19.9 Å². The number of amides is 1. The van der Waals surface area contributed by atoms with E-state index in [1.54, 1.807) is 24.7 Å². The molecule has 8 nitrogen and oxygen atoms in total. The maximum absolute atomic E-state index is 12.9.